The molecule has 0 unspecified atom stereocenters. The smallest absolute Gasteiger partial charge is 0.160 e. The van der Waals surface area contributed by atoms with Crippen molar-refractivity contribution in [2.75, 3.05) is 12.0 Å². The van der Waals surface area contributed by atoms with Crippen LogP contribution in [0.1, 0.15) is 0 Å². The molecule has 0 aromatic heterocycles. The van der Waals surface area contributed by atoms with Crippen LogP contribution >= 0.6 is 0 Å². The summed E-state index contributed by atoms with van der Waals surface area (Å²) in [5.41, 5.74) is 6.07. The topological polar surface area (TPSA) is 39.3 Å². The fourth-order valence-corrected chi connectivity index (χ4v) is 1.16. The van der Waals surface area contributed by atoms with E-state index in [1.165, 1.54) is 6.07 Å². The minimum atomic E-state index is -0.858. The van der Waals surface area contributed by atoms with E-state index in [1.807, 2.05) is 0 Å². The highest BCUT2D eigenvalue weighted by molar-refractivity contribution is 5.43. The van der Waals surface area contributed by atoms with Gasteiger partial charge in [0.25, 0.3) is 0 Å². The van der Waals surface area contributed by atoms with Gasteiger partial charge in [-0.1, -0.05) is 0 Å². The number of benzene rings is 1. The molecule has 0 bridgehead atoms. The minimum Gasteiger partial charge on any atom is -0.367 e. The van der Waals surface area contributed by atoms with Crippen molar-refractivity contribution in [3.8, 4) is 0 Å². The molecule has 0 saturated carbocycles. The molecule has 15 heavy (non-hydrogen) atoms. The number of rotatable bonds is 3. The van der Waals surface area contributed by atoms with Crippen LogP contribution in [-0.4, -0.2) is 11.7 Å². The second-order valence-electron chi connectivity index (χ2n) is 3.01. The molecule has 80 valence electrons. The van der Waals surface area contributed by atoms with Crippen LogP contribution in [0.5, 0.6) is 0 Å². The van der Waals surface area contributed by atoms with Gasteiger partial charge in [-0.2, -0.15) is 0 Å². The van der Waals surface area contributed by atoms with E-state index in [2.05, 4.69) is 16.3 Å². The van der Waals surface area contributed by atoms with Crippen molar-refractivity contribution in [1.82, 2.24) is 16.0 Å². The highest BCUT2D eigenvalue weighted by atomic mass is 19.2. The van der Waals surface area contributed by atoms with Gasteiger partial charge in [0, 0.05) is 24.2 Å². The normalized spacial score (nSPS) is 14.1. The number of hydrogen-bond acceptors (Lipinski definition) is 4. The molecule has 0 atom stereocenters. The Morgan fingerprint density at radius 3 is 2.80 bits per heavy atom. The van der Waals surface area contributed by atoms with Gasteiger partial charge in [-0.3, -0.25) is 5.01 Å². The van der Waals surface area contributed by atoms with E-state index in [4.69, 9.17) is 0 Å². The lowest BCUT2D eigenvalue weighted by Gasteiger charge is -2.16. The third-order valence-electron chi connectivity index (χ3n) is 1.92. The van der Waals surface area contributed by atoms with Gasteiger partial charge in [0.1, 0.15) is 6.67 Å². The highest BCUT2D eigenvalue weighted by Gasteiger charge is 2.04. The highest BCUT2D eigenvalue weighted by Crippen LogP contribution is 2.12. The summed E-state index contributed by atoms with van der Waals surface area (Å²) < 4.78 is 25.4. The van der Waals surface area contributed by atoms with E-state index >= 15 is 0 Å². The van der Waals surface area contributed by atoms with Crippen LogP contribution in [0.3, 0.4) is 0 Å². The molecule has 0 spiro atoms. The summed E-state index contributed by atoms with van der Waals surface area (Å²) in [5, 5.41) is 4.63. The zero-order valence-corrected chi connectivity index (χ0v) is 7.80. The number of nitrogens with zero attached hydrogens (tertiary/aromatic N) is 1. The van der Waals surface area contributed by atoms with Gasteiger partial charge in [0.05, 0.1) is 0 Å². The third kappa shape index (κ3) is 2.35. The fourth-order valence-electron chi connectivity index (χ4n) is 1.16. The molecule has 1 aliphatic rings. The van der Waals surface area contributed by atoms with Crippen LogP contribution < -0.4 is 16.3 Å². The molecule has 0 fully saturated rings. The molecule has 0 radical (unpaired) electrons. The number of anilines is 1. The third-order valence-corrected chi connectivity index (χ3v) is 1.92. The van der Waals surface area contributed by atoms with Gasteiger partial charge in [0.15, 0.2) is 11.6 Å². The lowest BCUT2D eigenvalue weighted by atomic mass is 10.3. The monoisotopic (exact) mass is 212 g/mol. The van der Waals surface area contributed by atoms with E-state index in [-0.39, 0.29) is 0 Å². The Hall–Kier alpha value is -1.82. The van der Waals surface area contributed by atoms with Crippen molar-refractivity contribution in [3.05, 3.63) is 42.2 Å². The number of hydrazine groups is 2. The predicted octanol–water partition coefficient (Wildman–Crippen LogP) is 1.13. The maximum atomic E-state index is 12.8. The van der Waals surface area contributed by atoms with Crippen molar-refractivity contribution in [2.45, 2.75) is 0 Å². The Bertz CT molecular complexity index is 380. The summed E-state index contributed by atoms with van der Waals surface area (Å²) in [6, 6.07) is 3.68. The van der Waals surface area contributed by atoms with E-state index < -0.39 is 11.6 Å². The molecular formula is C9H10F2N4. The van der Waals surface area contributed by atoms with Gasteiger partial charge in [0.2, 0.25) is 0 Å². The largest absolute Gasteiger partial charge is 0.367 e. The first-order valence-electron chi connectivity index (χ1n) is 4.39. The zero-order valence-electron chi connectivity index (χ0n) is 7.80. The van der Waals surface area contributed by atoms with Crippen LogP contribution in [0.4, 0.5) is 14.5 Å². The molecule has 0 saturated heterocycles. The standard InChI is InChI=1S/C9H10F2N4/c10-8-2-1-7(5-9(8)11)12-6-15-4-3-13-14-15/h1-5,12-14H,6H2. The Balaban J connectivity index is 1.93. The second-order valence-corrected chi connectivity index (χ2v) is 3.01. The Kier molecular flexibility index (Phi) is 2.68. The van der Waals surface area contributed by atoms with Gasteiger partial charge in [-0.05, 0) is 12.1 Å². The van der Waals surface area contributed by atoms with Gasteiger partial charge < -0.3 is 10.7 Å². The van der Waals surface area contributed by atoms with E-state index in [0.717, 1.165) is 12.1 Å². The van der Waals surface area contributed by atoms with E-state index in [1.54, 1.807) is 17.4 Å². The molecule has 2 rings (SSSR count). The van der Waals surface area contributed by atoms with Gasteiger partial charge >= 0.3 is 0 Å². The SMILES string of the molecule is Fc1ccc(NCN2C=CNN2)cc1F. The quantitative estimate of drug-likeness (QED) is 0.702. The van der Waals surface area contributed by atoms with E-state index in [9.17, 15) is 8.78 Å². The molecule has 0 aliphatic carbocycles. The summed E-state index contributed by atoms with van der Waals surface area (Å²) in [6.07, 6.45) is 3.49. The maximum Gasteiger partial charge on any atom is 0.160 e. The lowest BCUT2D eigenvalue weighted by molar-refractivity contribution is 0.290. The van der Waals surface area contributed by atoms with Crippen LogP contribution in [0, 0.1) is 11.6 Å². The maximum absolute atomic E-state index is 12.8. The molecule has 1 aromatic rings. The number of halogens is 2. The molecule has 6 heteroatoms. The van der Waals surface area contributed by atoms with Crippen molar-refractivity contribution in [2.24, 2.45) is 0 Å². The Morgan fingerprint density at radius 1 is 1.27 bits per heavy atom. The van der Waals surface area contributed by atoms with Crippen LogP contribution in [-0.2, 0) is 0 Å². The Morgan fingerprint density at radius 2 is 2.13 bits per heavy atom. The summed E-state index contributed by atoms with van der Waals surface area (Å²) in [4.78, 5) is 0. The molecule has 4 nitrogen and oxygen atoms in total. The first-order valence-corrected chi connectivity index (χ1v) is 4.39. The first-order chi connectivity index (χ1) is 7.25. The average molecular weight is 212 g/mol. The molecule has 1 aromatic carbocycles. The van der Waals surface area contributed by atoms with E-state index in [0.29, 0.717) is 12.4 Å². The predicted molar refractivity (Wildman–Crippen MR) is 52.1 cm³/mol. The molecule has 3 N–H and O–H groups in total. The van der Waals surface area contributed by atoms with Crippen LogP contribution in [0.15, 0.2) is 30.6 Å². The summed E-state index contributed by atoms with van der Waals surface area (Å²) >= 11 is 0. The van der Waals surface area contributed by atoms with Crippen LogP contribution in [0.2, 0.25) is 0 Å². The van der Waals surface area contributed by atoms with Crippen LogP contribution in [0.25, 0.3) is 0 Å². The average Bonchev–Trinajstić information content (AvgIpc) is 2.73. The Labute approximate surface area is 85.5 Å². The zero-order chi connectivity index (χ0) is 10.7. The summed E-state index contributed by atoms with van der Waals surface area (Å²) in [6.45, 7) is 0.439. The molecular weight excluding hydrogens is 202 g/mol. The van der Waals surface area contributed by atoms with Crippen molar-refractivity contribution < 1.29 is 8.78 Å². The summed E-state index contributed by atoms with van der Waals surface area (Å²) in [7, 11) is 0. The second kappa shape index (κ2) is 4.14. The number of hydrogen-bond donors (Lipinski definition) is 3. The molecule has 1 aliphatic heterocycles. The first kappa shape index (κ1) is 9.72. The lowest BCUT2D eigenvalue weighted by Crippen LogP contribution is -2.38. The fraction of sp³-hybridized carbons (Fsp3) is 0.111. The van der Waals surface area contributed by atoms with Gasteiger partial charge in [-0.25, -0.2) is 8.78 Å². The summed E-state index contributed by atoms with van der Waals surface area (Å²) in [5.74, 6) is -1.70. The van der Waals surface area contributed by atoms with Crippen molar-refractivity contribution in [3.63, 3.8) is 0 Å². The van der Waals surface area contributed by atoms with Crippen molar-refractivity contribution in [1.29, 1.82) is 0 Å². The molecule has 1 heterocycles. The minimum absolute atomic E-state index is 0.439. The van der Waals surface area contributed by atoms with Crippen molar-refractivity contribution >= 4 is 5.69 Å². The van der Waals surface area contributed by atoms with Gasteiger partial charge in [-0.15, -0.1) is 5.53 Å². The molecule has 0 amide bonds. The number of nitrogens with one attached hydrogen (secondary N) is 3.